The normalized spacial score (nSPS) is 12.3. The van der Waals surface area contributed by atoms with E-state index in [1.54, 1.807) is 32.5 Å². The van der Waals surface area contributed by atoms with Crippen LogP contribution >= 0.6 is 0 Å². The number of nitrogens with one attached hydrogen (secondary N) is 2. The van der Waals surface area contributed by atoms with Crippen LogP contribution in [0.3, 0.4) is 0 Å². The van der Waals surface area contributed by atoms with Crippen LogP contribution in [0.4, 0.5) is 17.3 Å². The summed E-state index contributed by atoms with van der Waals surface area (Å²) in [7, 11) is 3.17. The zero-order valence-electron chi connectivity index (χ0n) is 17.4. The molecule has 0 fully saturated rings. The summed E-state index contributed by atoms with van der Waals surface area (Å²) in [6, 6.07) is 11.4. The summed E-state index contributed by atoms with van der Waals surface area (Å²) < 4.78 is 10.6. The fourth-order valence-corrected chi connectivity index (χ4v) is 3.58. The van der Waals surface area contributed by atoms with Crippen LogP contribution in [0.2, 0.25) is 0 Å². The van der Waals surface area contributed by atoms with E-state index in [1.165, 1.54) is 0 Å². The zero-order chi connectivity index (χ0) is 21.8. The molecule has 0 aliphatic carbocycles. The van der Waals surface area contributed by atoms with E-state index in [0.717, 1.165) is 34.5 Å². The number of hydrogen-bond acceptors (Lipinski definition) is 7. The van der Waals surface area contributed by atoms with Gasteiger partial charge in [0.1, 0.15) is 0 Å². The molecule has 160 valence electrons. The Balaban J connectivity index is 1.69. The van der Waals surface area contributed by atoms with Gasteiger partial charge in [-0.15, -0.1) is 0 Å². The highest BCUT2D eigenvalue weighted by Gasteiger charge is 2.21. The summed E-state index contributed by atoms with van der Waals surface area (Å²) in [4.78, 5) is 21.5. The molecular formula is C23H24N4O4. The second-order valence-corrected chi connectivity index (χ2v) is 7.19. The van der Waals surface area contributed by atoms with E-state index in [2.05, 4.69) is 15.6 Å². The lowest BCUT2D eigenvalue weighted by molar-refractivity contribution is -0.115. The molecule has 1 aliphatic rings. The Morgan fingerprint density at radius 3 is 2.74 bits per heavy atom. The minimum absolute atomic E-state index is 0.108. The van der Waals surface area contributed by atoms with Crippen molar-refractivity contribution < 1.29 is 19.4 Å². The number of aryl methyl sites for hydroxylation is 1. The SMILES string of the molecule is COc1ccc(Nc2ncc3c(n2)-c2ccc(CCCO)cc2NC(=O)C3)cc1OC. The van der Waals surface area contributed by atoms with Crippen molar-refractivity contribution in [1.82, 2.24) is 9.97 Å². The van der Waals surface area contributed by atoms with Gasteiger partial charge in [-0.25, -0.2) is 9.97 Å². The molecule has 8 heteroatoms. The quantitative estimate of drug-likeness (QED) is 0.538. The highest BCUT2D eigenvalue weighted by Crippen LogP contribution is 2.35. The standard InChI is InChI=1S/C23H24N4O4/c1-30-19-8-6-16(12-20(19)31-2)25-23-24-13-15-11-21(29)26-18-10-14(4-3-9-28)5-7-17(18)22(15)27-23/h5-8,10,12-13,28H,3-4,9,11H2,1-2H3,(H,26,29)(H,24,25,27). The first kappa shape index (κ1) is 20.6. The molecule has 4 rings (SSSR count). The van der Waals surface area contributed by atoms with Crippen LogP contribution in [0.1, 0.15) is 17.5 Å². The Morgan fingerprint density at radius 2 is 1.97 bits per heavy atom. The number of aliphatic hydroxyl groups is 1. The predicted molar refractivity (Wildman–Crippen MR) is 118 cm³/mol. The Hall–Kier alpha value is -3.65. The third kappa shape index (κ3) is 4.44. The maximum atomic E-state index is 12.4. The number of rotatable bonds is 7. The minimum Gasteiger partial charge on any atom is -0.493 e. The van der Waals surface area contributed by atoms with Gasteiger partial charge >= 0.3 is 0 Å². The van der Waals surface area contributed by atoms with Gasteiger partial charge in [-0.1, -0.05) is 12.1 Å². The van der Waals surface area contributed by atoms with Crippen molar-refractivity contribution in [2.24, 2.45) is 0 Å². The summed E-state index contributed by atoms with van der Waals surface area (Å²) in [5.74, 6) is 1.53. The second kappa shape index (κ2) is 9.01. The van der Waals surface area contributed by atoms with Crippen molar-refractivity contribution >= 4 is 23.2 Å². The van der Waals surface area contributed by atoms with E-state index in [9.17, 15) is 4.79 Å². The van der Waals surface area contributed by atoms with E-state index < -0.39 is 0 Å². The van der Waals surface area contributed by atoms with Crippen molar-refractivity contribution in [3.8, 4) is 22.8 Å². The van der Waals surface area contributed by atoms with E-state index >= 15 is 0 Å². The summed E-state index contributed by atoms with van der Waals surface area (Å²) in [6.07, 6.45) is 3.29. The van der Waals surface area contributed by atoms with Gasteiger partial charge < -0.3 is 25.2 Å². The summed E-state index contributed by atoms with van der Waals surface area (Å²) >= 11 is 0. The molecule has 1 aliphatic heterocycles. The van der Waals surface area contributed by atoms with E-state index in [0.29, 0.717) is 29.6 Å². The molecule has 0 radical (unpaired) electrons. The van der Waals surface area contributed by atoms with Crippen molar-refractivity contribution in [2.45, 2.75) is 19.3 Å². The van der Waals surface area contributed by atoms with Crippen molar-refractivity contribution in [1.29, 1.82) is 0 Å². The Kier molecular flexibility index (Phi) is 5.99. The number of anilines is 3. The molecule has 0 spiro atoms. The molecule has 0 atom stereocenters. The smallest absolute Gasteiger partial charge is 0.228 e. The second-order valence-electron chi connectivity index (χ2n) is 7.19. The molecule has 31 heavy (non-hydrogen) atoms. The van der Waals surface area contributed by atoms with Crippen LogP contribution in [-0.4, -0.2) is 41.8 Å². The Labute approximate surface area is 180 Å². The molecule has 0 bridgehead atoms. The number of methoxy groups -OCH3 is 2. The van der Waals surface area contributed by atoms with Gasteiger partial charge in [-0.05, 0) is 36.6 Å². The summed E-state index contributed by atoms with van der Waals surface area (Å²) in [5, 5.41) is 15.2. The van der Waals surface area contributed by atoms with E-state index in [4.69, 9.17) is 19.6 Å². The lowest BCUT2D eigenvalue weighted by atomic mass is 10.0. The number of benzene rings is 2. The molecule has 0 saturated heterocycles. The summed E-state index contributed by atoms with van der Waals surface area (Å²) in [5.41, 5.74) is 4.83. The van der Waals surface area contributed by atoms with Gasteiger partial charge in [0.15, 0.2) is 11.5 Å². The van der Waals surface area contributed by atoms with Crippen LogP contribution in [-0.2, 0) is 17.6 Å². The lowest BCUT2D eigenvalue weighted by Gasteiger charge is -2.13. The highest BCUT2D eigenvalue weighted by molar-refractivity contribution is 6.00. The fraction of sp³-hybridized carbons (Fsp3) is 0.261. The molecule has 1 amide bonds. The molecule has 0 unspecified atom stereocenters. The van der Waals surface area contributed by atoms with Gasteiger partial charge in [0, 0.05) is 35.7 Å². The lowest BCUT2D eigenvalue weighted by Crippen LogP contribution is -2.13. The van der Waals surface area contributed by atoms with Crippen molar-refractivity contribution in [3.63, 3.8) is 0 Å². The van der Waals surface area contributed by atoms with E-state index in [-0.39, 0.29) is 18.9 Å². The number of carbonyl (C=O) groups excluding carboxylic acids is 1. The number of hydrogen-bond donors (Lipinski definition) is 3. The zero-order valence-corrected chi connectivity index (χ0v) is 17.4. The van der Waals surface area contributed by atoms with Crippen LogP contribution in [0, 0.1) is 0 Å². The van der Waals surface area contributed by atoms with Crippen LogP contribution in [0.15, 0.2) is 42.6 Å². The average Bonchev–Trinajstić information content (AvgIpc) is 2.92. The first-order chi connectivity index (χ1) is 15.1. The monoisotopic (exact) mass is 420 g/mol. The summed E-state index contributed by atoms with van der Waals surface area (Å²) in [6.45, 7) is 0.130. The molecule has 2 heterocycles. The number of nitrogens with zero attached hydrogens (tertiary/aromatic N) is 2. The minimum atomic E-state index is -0.108. The molecular weight excluding hydrogens is 396 g/mol. The largest absolute Gasteiger partial charge is 0.493 e. The first-order valence-electron chi connectivity index (χ1n) is 10.00. The van der Waals surface area contributed by atoms with E-state index in [1.807, 2.05) is 24.3 Å². The number of fused-ring (bicyclic) bond motifs is 3. The number of carbonyl (C=O) groups is 1. The van der Waals surface area contributed by atoms with Crippen LogP contribution in [0.25, 0.3) is 11.3 Å². The maximum absolute atomic E-state index is 12.4. The molecule has 2 aromatic carbocycles. The fourth-order valence-electron chi connectivity index (χ4n) is 3.58. The van der Waals surface area contributed by atoms with Crippen molar-refractivity contribution in [2.75, 3.05) is 31.5 Å². The molecule has 8 nitrogen and oxygen atoms in total. The average molecular weight is 420 g/mol. The van der Waals surface area contributed by atoms with Gasteiger partial charge in [0.2, 0.25) is 11.9 Å². The Morgan fingerprint density at radius 1 is 1.13 bits per heavy atom. The van der Waals surface area contributed by atoms with Gasteiger partial charge in [0.05, 0.1) is 32.0 Å². The number of aromatic nitrogens is 2. The third-order valence-electron chi connectivity index (χ3n) is 5.09. The molecule has 3 N–H and O–H groups in total. The highest BCUT2D eigenvalue weighted by atomic mass is 16.5. The van der Waals surface area contributed by atoms with Crippen molar-refractivity contribution in [3.05, 3.63) is 53.7 Å². The van der Waals surface area contributed by atoms with Crippen LogP contribution < -0.4 is 20.1 Å². The number of ether oxygens (including phenoxy) is 2. The molecule has 3 aromatic rings. The maximum Gasteiger partial charge on any atom is 0.228 e. The Bertz CT molecular complexity index is 1120. The molecule has 1 aromatic heterocycles. The van der Waals surface area contributed by atoms with Gasteiger partial charge in [0.25, 0.3) is 0 Å². The predicted octanol–water partition coefficient (Wildman–Crippen LogP) is 3.32. The third-order valence-corrected chi connectivity index (χ3v) is 5.09. The number of aliphatic hydroxyl groups excluding tert-OH is 1. The van der Waals surface area contributed by atoms with Gasteiger partial charge in [-0.2, -0.15) is 0 Å². The molecule has 0 saturated carbocycles. The first-order valence-corrected chi connectivity index (χ1v) is 10.00. The van der Waals surface area contributed by atoms with Gasteiger partial charge in [-0.3, -0.25) is 4.79 Å². The number of amides is 1. The topological polar surface area (TPSA) is 106 Å². The van der Waals surface area contributed by atoms with Crippen LogP contribution in [0.5, 0.6) is 11.5 Å².